The fourth-order valence-corrected chi connectivity index (χ4v) is 0.434. The number of hydrogen-bond acceptors (Lipinski definition) is 3. The molecular formula is C5H12N2O2. The van der Waals surface area contributed by atoms with E-state index in [1.54, 1.807) is 21.0 Å². The van der Waals surface area contributed by atoms with Crippen molar-refractivity contribution >= 4 is 5.91 Å². The van der Waals surface area contributed by atoms with E-state index < -0.39 is 6.10 Å². The van der Waals surface area contributed by atoms with Gasteiger partial charge in [-0.25, -0.2) is 5.48 Å². The molecule has 0 spiro atoms. The van der Waals surface area contributed by atoms with E-state index in [-0.39, 0.29) is 5.91 Å². The highest BCUT2D eigenvalue weighted by Gasteiger charge is 2.09. The number of carbonyl (C=O) groups is 1. The fourth-order valence-electron chi connectivity index (χ4n) is 0.434. The van der Waals surface area contributed by atoms with Gasteiger partial charge in [0.1, 0.15) is 0 Å². The molecule has 0 aromatic carbocycles. The van der Waals surface area contributed by atoms with Crippen molar-refractivity contribution in [3.05, 3.63) is 0 Å². The number of nitrogens with one attached hydrogen (secondary N) is 2. The number of carbonyl (C=O) groups excluding carboxylic acids is 1. The number of amides is 1. The highest BCUT2D eigenvalue weighted by atomic mass is 16.7. The first-order chi connectivity index (χ1) is 4.22. The van der Waals surface area contributed by atoms with E-state index in [9.17, 15) is 4.79 Å². The first kappa shape index (κ1) is 8.39. The summed E-state index contributed by atoms with van der Waals surface area (Å²) in [5, 5.41) is 2.45. The van der Waals surface area contributed by atoms with Crippen molar-refractivity contribution in [2.75, 3.05) is 14.1 Å². The predicted octanol–water partition coefficient (Wildman–Crippen LogP) is -0.728. The topological polar surface area (TPSA) is 50.4 Å². The molecule has 4 nitrogen and oxygen atoms in total. The monoisotopic (exact) mass is 132 g/mol. The number of hydrogen-bond donors (Lipinski definition) is 2. The smallest absolute Gasteiger partial charge is 0.250 e. The summed E-state index contributed by atoms with van der Waals surface area (Å²) in [5.74, 6) is -0.135. The summed E-state index contributed by atoms with van der Waals surface area (Å²) < 4.78 is 0. The first-order valence-electron chi connectivity index (χ1n) is 2.76. The Morgan fingerprint density at radius 2 is 2.11 bits per heavy atom. The van der Waals surface area contributed by atoms with Gasteiger partial charge in [-0.15, -0.1) is 0 Å². The van der Waals surface area contributed by atoms with Crippen LogP contribution in [0.2, 0.25) is 0 Å². The second-order valence-electron chi connectivity index (χ2n) is 1.58. The standard InChI is InChI=1S/C5H12N2O2/c1-4(9-7-3)5(8)6-2/h4,7H,1-3H3,(H,6,8). The molecule has 0 heterocycles. The minimum atomic E-state index is -0.431. The maximum absolute atomic E-state index is 10.6. The molecule has 4 heteroatoms. The summed E-state index contributed by atoms with van der Waals surface area (Å²) in [4.78, 5) is 15.4. The highest BCUT2D eigenvalue weighted by Crippen LogP contribution is 1.83. The van der Waals surface area contributed by atoms with Crippen molar-refractivity contribution in [1.29, 1.82) is 0 Å². The Bertz CT molecular complexity index is 95.0. The van der Waals surface area contributed by atoms with E-state index in [4.69, 9.17) is 4.84 Å². The van der Waals surface area contributed by atoms with Gasteiger partial charge in [0.05, 0.1) is 0 Å². The molecule has 0 fully saturated rings. The van der Waals surface area contributed by atoms with Crippen molar-refractivity contribution in [3.63, 3.8) is 0 Å². The van der Waals surface area contributed by atoms with E-state index in [0.717, 1.165) is 0 Å². The van der Waals surface area contributed by atoms with E-state index in [2.05, 4.69) is 10.8 Å². The number of likely N-dealkylation sites (N-methyl/N-ethyl adjacent to an activating group) is 1. The van der Waals surface area contributed by atoms with Gasteiger partial charge >= 0.3 is 0 Å². The van der Waals surface area contributed by atoms with Crippen LogP contribution in [-0.2, 0) is 9.63 Å². The van der Waals surface area contributed by atoms with Gasteiger partial charge in [0, 0.05) is 14.1 Å². The van der Waals surface area contributed by atoms with Gasteiger partial charge < -0.3 is 5.32 Å². The number of rotatable bonds is 3. The first-order valence-corrected chi connectivity index (χ1v) is 2.76. The van der Waals surface area contributed by atoms with Crippen LogP contribution in [0.3, 0.4) is 0 Å². The van der Waals surface area contributed by atoms with Crippen LogP contribution in [0, 0.1) is 0 Å². The third kappa shape index (κ3) is 3.05. The van der Waals surface area contributed by atoms with E-state index >= 15 is 0 Å². The summed E-state index contributed by atoms with van der Waals surface area (Å²) in [7, 11) is 3.18. The molecule has 0 aliphatic rings. The predicted molar refractivity (Wildman–Crippen MR) is 33.7 cm³/mol. The quantitative estimate of drug-likeness (QED) is 0.498. The zero-order valence-corrected chi connectivity index (χ0v) is 5.89. The van der Waals surface area contributed by atoms with E-state index in [1.165, 1.54) is 0 Å². The van der Waals surface area contributed by atoms with Crippen LogP contribution in [-0.4, -0.2) is 26.1 Å². The lowest BCUT2D eigenvalue weighted by atomic mass is 10.4. The van der Waals surface area contributed by atoms with Crippen LogP contribution < -0.4 is 10.8 Å². The Kier molecular flexibility index (Phi) is 4.00. The van der Waals surface area contributed by atoms with Crippen LogP contribution in [0.25, 0.3) is 0 Å². The highest BCUT2D eigenvalue weighted by molar-refractivity contribution is 5.79. The Hall–Kier alpha value is -0.610. The molecule has 1 unspecified atom stereocenters. The van der Waals surface area contributed by atoms with Crippen LogP contribution in [0.15, 0.2) is 0 Å². The lowest BCUT2D eigenvalue weighted by Crippen LogP contribution is -2.34. The molecular weight excluding hydrogens is 120 g/mol. The minimum Gasteiger partial charge on any atom is -0.357 e. The third-order valence-electron chi connectivity index (χ3n) is 0.910. The van der Waals surface area contributed by atoms with Crippen molar-refractivity contribution in [2.24, 2.45) is 0 Å². The van der Waals surface area contributed by atoms with Gasteiger partial charge in [-0.3, -0.25) is 9.63 Å². The zero-order valence-electron chi connectivity index (χ0n) is 5.89. The van der Waals surface area contributed by atoms with E-state index in [1.807, 2.05) is 0 Å². The molecule has 9 heavy (non-hydrogen) atoms. The van der Waals surface area contributed by atoms with Crippen LogP contribution >= 0.6 is 0 Å². The molecule has 0 aromatic heterocycles. The van der Waals surface area contributed by atoms with Crippen LogP contribution in [0.4, 0.5) is 0 Å². The van der Waals surface area contributed by atoms with Gasteiger partial charge in [-0.2, -0.15) is 0 Å². The van der Waals surface area contributed by atoms with Crippen LogP contribution in [0.1, 0.15) is 6.92 Å². The maximum atomic E-state index is 10.6. The Balaban J connectivity index is 3.45. The van der Waals surface area contributed by atoms with Gasteiger partial charge in [-0.05, 0) is 6.92 Å². The largest absolute Gasteiger partial charge is 0.357 e. The molecule has 0 aliphatic heterocycles. The summed E-state index contributed by atoms with van der Waals surface area (Å²) in [6, 6.07) is 0. The van der Waals surface area contributed by atoms with Crippen molar-refractivity contribution in [3.8, 4) is 0 Å². The molecule has 0 aromatic rings. The van der Waals surface area contributed by atoms with Crippen molar-refractivity contribution in [1.82, 2.24) is 10.8 Å². The molecule has 1 amide bonds. The molecule has 0 rings (SSSR count). The maximum Gasteiger partial charge on any atom is 0.250 e. The van der Waals surface area contributed by atoms with Gasteiger partial charge in [0.25, 0.3) is 5.91 Å². The van der Waals surface area contributed by atoms with E-state index in [0.29, 0.717) is 0 Å². The molecule has 0 bridgehead atoms. The van der Waals surface area contributed by atoms with Gasteiger partial charge in [0.2, 0.25) is 0 Å². The molecule has 0 radical (unpaired) electrons. The summed E-state index contributed by atoms with van der Waals surface area (Å²) in [6.45, 7) is 1.66. The van der Waals surface area contributed by atoms with Gasteiger partial charge in [-0.1, -0.05) is 0 Å². The molecule has 0 saturated carbocycles. The SMILES string of the molecule is CNOC(C)C(=O)NC. The molecule has 54 valence electrons. The fraction of sp³-hybridized carbons (Fsp3) is 0.800. The summed E-state index contributed by atoms with van der Waals surface area (Å²) in [5.41, 5.74) is 2.42. The normalized spacial score (nSPS) is 12.8. The minimum absolute atomic E-state index is 0.135. The van der Waals surface area contributed by atoms with Crippen LogP contribution in [0.5, 0.6) is 0 Å². The third-order valence-corrected chi connectivity index (χ3v) is 0.910. The Labute approximate surface area is 54.5 Å². The zero-order chi connectivity index (χ0) is 7.28. The molecule has 0 aliphatic carbocycles. The number of hydroxylamine groups is 1. The lowest BCUT2D eigenvalue weighted by Gasteiger charge is -2.07. The molecule has 1 atom stereocenters. The van der Waals surface area contributed by atoms with Crippen molar-refractivity contribution < 1.29 is 9.63 Å². The second kappa shape index (κ2) is 4.29. The van der Waals surface area contributed by atoms with Gasteiger partial charge in [0.15, 0.2) is 6.10 Å². The Morgan fingerprint density at radius 3 is 2.44 bits per heavy atom. The lowest BCUT2D eigenvalue weighted by molar-refractivity contribution is -0.135. The average Bonchev–Trinajstić information content (AvgIpc) is 1.87. The summed E-state index contributed by atoms with van der Waals surface area (Å²) >= 11 is 0. The summed E-state index contributed by atoms with van der Waals surface area (Å²) in [6.07, 6.45) is -0.431. The second-order valence-corrected chi connectivity index (χ2v) is 1.58. The molecule has 0 saturated heterocycles. The molecule has 2 N–H and O–H groups in total. The van der Waals surface area contributed by atoms with Crippen molar-refractivity contribution in [2.45, 2.75) is 13.0 Å². The Morgan fingerprint density at radius 1 is 1.56 bits per heavy atom. The average molecular weight is 132 g/mol.